The molecule has 0 N–H and O–H groups in total. The summed E-state index contributed by atoms with van der Waals surface area (Å²) in [6.07, 6.45) is 47.9. The average Bonchev–Trinajstić information content (AvgIpc) is 3.26. The maximum atomic E-state index is 12.8. The number of hydrogen-bond acceptors (Lipinski definition) is 6. The highest BCUT2D eigenvalue weighted by Gasteiger charge is 2.19. The number of esters is 3. The minimum Gasteiger partial charge on any atom is -0.462 e. The van der Waals surface area contributed by atoms with E-state index >= 15 is 0 Å². The van der Waals surface area contributed by atoms with Crippen molar-refractivity contribution in [3.63, 3.8) is 0 Å². The van der Waals surface area contributed by atoms with Gasteiger partial charge in [0.25, 0.3) is 0 Å². The first-order valence-electron chi connectivity index (χ1n) is 27.7. The smallest absolute Gasteiger partial charge is 0.306 e. The predicted molar refractivity (Wildman–Crippen MR) is 266 cm³/mol. The second-order valence-electron chi connectivity index (χ2n) is 20.2. The zero-order valence-corrected chi connectivity index (χ0v) is 42.7. The van der Waals surface area contributed by atoms with Crippen LogP contribution < -0.4 is 0 Å². The summed E-state index contributed by atoms with van der Waals surface area (Å²) in [5.41, 5.74) is 0. The van der Waals surface area contributed by atoms with Gasteiger partial charge in [0.1, 0.15) is 13.2 Å². The number of ether oxygens (including phenoxy) is 3. The number of carbonyl (C=O) groups excluding carboxylic acids is 3. The van der Waals surface area contributed by atoms with Crippen molar-refractivity contribution in [2.75, 3.05) is 13.2 Å². The molecule has 62 heavy (non-hydrogen) atoms. The molecule has 0 aliphatic rings. The van der Waals surface area contributed by atoms with Gasteiger partial charge in [0, 0.05) is 19.3 Å². The topological polar surface area (TPSA) is 78.9 Å². The minimum absolute atomic E-state index is 0.0644. The van der Waals surface area contributed by atoms with Gasteiger partial charge in [-0.15, -0.1) is 0 Å². The van der Waals surface area contributed by atoms with Crippen LogP contribution in [0.2, 0.25) is 0 Å². The highest BCUT2D eigenvalue weighted by Crippen LogP contribution is 2.19. The van der Waals surface area contributed by atoms with E-state index in [0.717, 1.165) is 75.5 Å². The number of carbonyl (C=O) groups is 3. The van der Waals surface area contributed by atoms with Crippen LogP contribution in [-0.2, 0) is 28.6 Å². The zero-order chi connectivity index (χ0) is 45.6. The summed E-state index contributed by atoms with van der Waals surface area (Å²) < 4.78 is 16.9. The first-order chi connectivity index (χ1) is 30.2. The maximum Gasteiger partial charge on any atom is 0.306 e. The summed E-state index contributed by atoms with van der Waals surface area (Å²) in [4.78, 5) is 38.0. The standard InChI is InChI=1S/C56H108O6/c1-7-51(5)43-37-31-25-19-15-11-9-10-12-16-20-27-33-39-45-54(57)60-48-53(62-56(59)47-41-35-29-23-22-26-32-38-44-52(6)8-2)49-61-55(58)46-40-34-28-21-17-13-14-18-24-30-36-42-50(3)4/h50-53H,7-49H2,1-6H3/t51?,52?,53-/m1/s1. The van der Waals surface area contributed by atoms with Crippen LogP contribution in [0.1, 0.15) is 305 Å². The number of unbranched alkanes of at least 4 members (excludes halogenated alkanes) is 30. The first-order valence-corrected chi connectivity index (χ1v) is 27.7. The highest BCUT2D eigenvalue weighted by molar-refractivity contribution is 5.71. The van der Waals surface area contributed by atoms with Crippen LogP contribution in [0.3, 0.4) is 0 Å². The van der Waals surface area contributed by atoms with E-state index in [4.69, 9.17) is 14.2 Å². The van der Waals surface area contributed by atoms with E-state index in [9.17, 15) is 14.4 Å². The third-order valence-electron chi connectivity index (χ3n) is 13.4. The van der Waals surface area contributed by atoms with Crippen molar-refractivity contribution in [3.8, 4) is 0 Å². The van der Waals surface area contributed by atoms with Crippen LogP contribution in [0, 0.1) is 17.8 Å². The molecule has 0 aliphatic heterocycles. The van der Waals surface area contributed by atoms with Crippen LogP contribution >= 0.6 is 0 Å². The SMILES string of the molecule is CCC(C)CCCCCCCCCCCCCCCCC(=O)OC[C@H](COC(=O)CCCCCCCCCCCCCC(C)C)OC(=O)CCCCCCCCCCC(C)CC. The lowest BCUT2D eigenvalue weighted by Crippen LogP contribution is -2.30. The van der Waals surface area contributed by atoms with Crippen molar-refractivity contribution < 1.29 is 28.6 Å². The van der Waals surface area contributed by atoms with Gasteiger partial charge in [-0.05, 0) is 37.0 Å². The molecular formula is C56H108O6. The second kappa shape index (κ2) is 47.4. The molecule has 0 aromatic heterocycles. The molecule has 0 fully saturated rings. The molecular weight excluding hydrogens is 769 g/mol. The van der Waals surface area contributed by atoms with E-state index in [1.807, 2.05) is 0 Å². The Morgan fingerprint density at radius 3 is 0.839 bits per heavy atom. The first kappa shape index (κ1) is 60.4. The van der Waals surface area contributed by atoms with Gasteiger partial charge in [-0.1, -0.05) is 266 Å². The van der Waals surface area contributed by atoms with E-state index in [1.54, 1.807) is 0 Å². The Morgan fingerprint density at radius 1 is 0.323 bits per heavy atom. The molecule has 0 saturated heterocycles. The lowest BCUT2D eigenvalue weighted by atomic mass is 9.99. The molecule has 0 bridgehead atoms. The molecule has 0 aromatic carbocycles. The summed E-state index contributed by atoms with van der Waals surface area (Å²) in [6, 6.07) is 0. The number of hydrogen-bond donors (Lipinski definition) is 0. The minimum atomic E-state index is -0.763. The maximum absolute atomic E-state index is 12.8. The molecule has 6 nitrogen and oxygen atoms in total. The van der Waals surface area contributed by atoms with Gasteiger partial charge in [0.05, 0.1) is 0 Å². The molecule has 0 spiro atoms. The van der Waals surface area contributed by atoms with Crippen LogP contribution in [0.15, 0.2) is 0 Å². The Balaban J connectivity index is 4.29. The monoisotopic (exact) mass is 877 g/mol. The quantitative estimate of drug-likeness (QED) is 0.0344. The van der Waals surface area contributed by atoms with Gasteiger partial charge < -0.3 is 14.2 Å². The van der Waals surface area contributed by atoms with E-state index in [1.165, 1.54) is 186 Å². The highest BCUT2D eigenvalue weighted by atomic mass is 16.6. The third-order valence-corrected chi connectivity index (χ3v) is 13.4. The molecule has 0 aromatic rings. The van der Waals surface area contributed by atoms with Crippen LogP contribution in [0.4, 0.5) is 0 Å². The second-order valence-corrected chi connectivity index (χ2v) is 20.2. The van der Waals surface area contributed by atoms with Gasteiger partial charge in [-0.3, -0.25) is 14.4 Å². The fraction of sp³-hybridized carbons (Fsp3) is 0.946. The van der Waals surface area contributed by atoms with E-state index < -0.39 is 6.10 Å². The summed E-state index contributed by atoms with van der Waals surface area (Å²) in [6.45, 7) is 13.8. The zero-order valence-electron chi connectivity index (χ0n) is 42.7. The van der Waals surface area contributed by atoms with E-state index in [-0.39, 0.29) is 31.1 Å². The van der Waals surface area contributed by atoms with Gasteiger partial charge in [-0.25, -0.2) is 0 Å². The molecule has 6 heteroatoms. The van der Waals surface area contributed by atoms with E-state index in [2.05, 4.69) is 41.5 Å². The lowest BCUT2D eigenvalue weighted by Gasteiger charge is -2.18. The normalized spacial score (nSPS) is 13.0. The Hall–Kier alpha value is -1.59. The van der Waals surface area contributed by atoms with Crippen molar-refractivity contribution in [1.82, 2.24) is 0 Å². The molecule has 368 valence electrons. The molecule has 0 amide bonds. The predicted octanol–water partition coefficient (Wildman–Crippen LogP) is 17.9. The molecule has 0 heterocycles. The molecule has 0 aliphatic carbocycles. The summed E-state index contributed by atoms with van der Waals surface area (Å²) in [5.74, 6) is 1.72. The Bertz CT molecular complexity index is 964. The van der Waals surface area contributed by atoms with Gasteiger partial charge in [0.2, 0.25) is 0 Å². The van der Waals surface area contributed by atoms with Crippen molar-refractivity contribution in [3.05, 3.63) is 0 Å². The molecule has 2 unspecified atom stereocenters. The summed E-state index contributed by atoms with van der Waals surface area (Å²) >= 11 is 0. The van der Waals surface area contributed by atoms with E-state index in [0.29, 0.717) is 19.3 Å². The summed E-state index contributed by atoms with van der Waals surface area (Å²) in [7, 11) is 0. The molecule has 0 radical (unpaired) electrons. The van der Waals surface area contributed by atoms with Gasteiger partial charge in [0.15, 0.2) is 6.10 Å². The van der Waals surface area contributed by atoms with Gasteiger partial charge in [-0.2, -0.15) is 0 Å². The lowest BCUT2D eigenvalue weighted by molar-refractivity contribution is -0.167. The van der Waals surface area contributed by atoms with Crippen molar-refractivity contribution in [1.29, 1.82) is 0 Å². The van der Waals surface area contributed by atoms with Crippen LogP contribution in [0.5, 0.6) is 0 Å². The van der Waals surface area contributed by atoms with Crippen molar-refractivity contribution in [2.24, 2.45) is 17.8 Å². The Morgan fingerprint density at radius 2 is 0.565 bits per heavy atom. The van der Waals surface area contributed by atoms with Gasteiger partial charge >= 0.3 is 17.9 Å². The largest absolute Gasteiger partial charge is 0.462 e. The molecule has 0 saturated carbocycles. The summed E-state index contributed by atoms with van der Waals surface area (Å²) in [5, 5.41) is 0. The Labute approximate surface area is 387 Å². The van der Waals surface area contributed by atoms with Crippen LogP contribution in [-0.4, -0.2) is 37.2 Å². The van der Waals surface area contributed by atoms with Crippen molar-refractivity contribution >= 4 is 17.9 Å². The van der Waals surface area contributed by atoms with Crippen LogP contribution in [0.25, 0.3) is 0 Å². The fourth-order valence-electron chi connectivity index (χ4n) is 8.40. The number of rotatable bonds is 49. The molecule has 3 atom stereocenters. The van der Waals surface area contributed by atoms with Crippen molar-refractivity contribution in [2.45, 2.75) is 311 Å². The average molecular weight is 877 g/mol. The fourth-order valence-corrected chi connectivity index (χ4v) is 8.40. The third kappa shape index (κ3) is 46.4. The molecule has 0 rings (SSSR count). The Kier molecular flexibility index (Phi) is 46.2.